The topological polar surface area (TPSA) is 195 Å². The first-order valence-corrected chi connectivity index (χ1v) is 12.4. The number of thioether (sulfide) groups is 1. The van der Waals surface area contributed by atoms with Gasteiger partial charge in [0.05, 0.1) is 19.8 Å². The monoisotopic (exact) mass is 600 g/mol. The predicted octanol–water partition coefficient (Wildman–Crippen LogP) is 1.66. The van der Waals surface area contributed by atoms with Gasteiger partial charge in [0.2, 0.25) is 0 Å². The maximum atomic E-state index is 10.1. The molecule has 0 aromatic rings. The Kier molecular flexibility index (Phi) is 31.6. The molecule has 10 N–H and O–H groups in total. The minimum atomic E-state index is -0.834. The van der Waals surface area contributed by atoms with Gasteiger partial charge in [-0.2, -0.15) is 11.8 Å². The molecule has 11 nitrogen and oxygen atoms in total. The van der Waals surface area contributed by atoms with Crippen LogP contribution < -0.4 is 28.0 Å². The van der Waals surface area contributed by atoms with Gasteiger partial charge < -0.3 is 42.3 Å². The first-order valence-electron chi connectivity index (χ1n) is 11.2. The molecule has 1 aliphatic rings. The quantitative estimate of drug-likeness (QED) is 0.117. The number of amides is 3. The Balaban J connectivity index is -0.000000197. The number of hydroxylamine groups is 1. The van der Waals surface area contributed by atoms with Crippen molar-refractivity contribution in [2.24, 2.45) is 33.9 Å². The number of carbonyl (C=O) groups is 2. The molecular formula is C22H49N5O6SY. The second-order valence-corrected chi connectivity index (χ2v) is 10.1. The second kappa shape index (κ2) is 26.6. The summed E-state index contributed by atoms with van der Waals surface area (Å²) >= 11 is 2.07. The summed E-state index contributed by atoms with van der Waals surface area (Å²) < 4.78 is 9.30. The molecule has 0 fully saturated rings. The molecule has 0 unspecified atom stereocenters. The summed E-state index contributed by atoms with van der Waals surface area (Å²) in [5.74, 6) is 3.05. The van der Waals surface area contributed by atoms with Crippen molar-refractivity contribution in [3.05, 3.63) is 12.2 Å². The average Bonchev–Trinajstić information content (AvgIpc) is 2.84. The standard InChI is InChI=1S/C10H18S.C6H13N3O4.C4H11NO.C2H7NO.Y/c1-9(2)5-6-10(3,4)8-11-7-9;7-5(10)9-1-2-12-3-4-13-6(8)11;1-4(2)3-5-6;3-1-2-4;/h5-6H,7-8H2,1-4H3;1-4H2,(H2,8,11)(H3,7,9,10);4-6H,3H2,1-2H3;4H,1-3H2;. The molecule has 0 aliphatic carbocycles. The second-order valence-electron chi connectivity index (χ2n) is 9.14. The van der Waals surface area contributed by atoms with Crippen molar-refractivity contribution in [2.45, 2.75) is 41.5 Å². The number of hydrogen-bond acceptors (Lipinski definition) is 9. The smallest absolute Gasteiger partial charge is 0.404 e. The van der Waals surface area contributed by atoms with E-state index in [9.17, 15) is 9.59 Å². The molecule has 0 aromatic heterocycles. The summed E-state index contributed by atoms with van der Waals surface area (Å²) in [5.41, 5.74) is 17.1. The number of carbonyl (C=O) groups excluding carboxylic acids is 2. The minimum Gasteiger partial charge on any atom is -0.447 e. The molecule has 3 amide bonds. The van der Waals surface area contributed by atoms with Crippen molar-refractivity contribution in [2.75, 3.05) is 57.6 Å². The van der Waals surface area contributed by atoms with Gasteiger partial charge in [-0.1, -0.05) is 53.7 Å². The predicted molar refractivity (Wildman–Crippen MR) is 139 cm³/mol. The number of primary amides is 2. The molecule has 0 saturated carbocycles. The zero-order chi connectivity index (χ0) is 27.0. The third-order valence-electron chi connectivity index (χ3n) is 3.58. The fourth-order valence-corrected chi connectivity index (χ4v) is 3.20. The van der Waals surface area contributed by atoms with E-state index in [1.807, 2.05) is 13.8 Å². The Hall–Kier alpha value is -0.466. The van der Waals surface area contributed by atoms with Crippen LogP contribution in [-0.4, -0.2) is 80.0 Å². The summed E-state index contributed by atoms with van der Waals surface area (Å²) in [7, 11) is 0. The Morgan fingerprint density at radius 1 is 1.06 bits per heavy atom. The first kappa shape index (κ1) is 41.7. The molecule has 1 heterocycles. The molecule has 0 saturated heterocycles. The van der Waals surface area contributed by atoms with Crippen LogP contribution >= 0.6 is 11.8 Å². The van der Waals surface area contributed by atoms with Crippen molar-refractivity contribution in [3.8, 4) is 0 Å². The maximum Gasteiger partial charge on any atom is 0.404 e. The number of aliphatic hydroxyl groups excluding tert-OH is 1. The van der Waals surface area contributed by atoms with Gasteiger partial charge in [-0.05, 0) is 16.7 Å². The average molecular weight is 601 g/mol. The van der Waals surface area contributed by atoms with E-state index in [1.54, 1.807) is 0 Å². The van der Waals surface area contributed by atoms with Gasteiger partial charge in [0, 0.05) is 63.8 Å². The van der Waals surface area contributed by atoms with Crippen LogP contribution in [0.3, 0.4) is 0 Å². The number of rotatable bonds is 9. The number of ether oxygens (including phenoxy) is 2. The van der Waals surface area contributed by atoms with E-state index in [0.29, 0.717) is 43.0 Å². The molecule has 35 heavy (non-hydrogen) atoms. The van der Waals surface area contributed by atoms with Crippen molar-refractivity contribution < 1.29 is 62.1 Å². The van der Waals surface area contributed by atoms with Gasteiger partial charge in [0.1, 0.15) is 6.61 Å². The Bertz CT molecular complexity index is 502. The van der Waals surface area contributed by atoms with E-state index in [4.69, 9.17) is 26.5 Å². The van der Waals surface area contributed by atoms with Gasteiger partial charge in [0.15, 0.2) is 0 Å². The molecule has 207 valence electrons. The van der Waals surface area contributed by atoms with Crippen LogP contribution in [0.2, 0.25) is 0 Å². The van der Waals surface area contributed by atoms with Gasteiger partial charge in [-0.25, -0.2) is 15.1 Å². The summed E-state index contributed by atoms with van der Waals surface area (Å²) in [6, 6.07) is -0.600. The van der Waals surface area contributed by atoms with Crippen LogP contribution in [-0.2, 0) is 42.2 Å². The van der Waals surface area contributed by atoms with Gasteiger partial charge >= 0.3 is 12.1 Å². The number of nitrogens with two attached hydrogens (primary N) is 3. The van der Waals surface area contributed by atoms with Crippen molar-refractivity contribution in [3.63, 3.8) is 0 Å². The van der Waals surface area contributed by atoms with E-state index >= 15 is 0 Å². The SMILES string of the molecule is CC(C)CNO.CC1(C)C=CC(C)(C)CSC1.NC(=O)NCCOCCOC(N)=O.NCCO.[Y]. The number of allylic oxidation sites excluding steroid dienone is 2. The van der Waals surface area contributed by atoms with Crippen molar-refractivity contribution >= 4 is 23.9 Å². The van der Waals surface area contributed by atoms with Gasteiger partial charge in [-0.15, -0.1) is 0 Å². The summed E-state index contributed by atoms with van der Waals surface area (Å²) in [6.45, 7) is 15.4. The number of urea groups is 1. The zero-order valence-corrected chi connectivity index (χ0v) is 26.0. The van der Waals surface area contributed by atoms with Gasteiger partial charge in [-0.3, -0.25) is 0 Å². The summed E-state index contributed by atoms with van der Waals surface area (Å²) in [6.07, 6.45) is 3.90. The fraction of sp³-hybridized carbons (Fsp3) is 0.818. The van der Waals surface area contributed by atoms with Crippen LogP contribution in [0.1, 0.15) is 41.5 Å². The molecule has 1 rings (SSSR count). The van der Waals surface area contributed by atoms with E-state index in [2.05, 4.69) is 72.9 Å². The molecule has 0 bridgehead atoms. The minimum absolute atomic E-state index is 0. The Labute approximate surface area is 240 Å². The zero-order valence-electron chi connectivity index (χ0n) is 22.3. The molecule has 0 spiro atoms. The Morgan fingerprint density at radius 2 is 1.54 bits per heavy atom. The van der Waals surface area contributed by atoms with Crippen LogP contribution in [0.5, 0.6) is 0 Å². The molecule has 1 aliphatic heterocycles. The summed E-state index contributed by atoms with van der Waals surface area (Å²) in [4.78, 5) is 20.2. The van der Waals surface area contributed by atoms with Crippen LogP contribution in [0.4, 0.5) is 9.59 Å². The van der Waals surface area contributed by atoms with Gasteiger partial charge in [0.25, 0.3) is 0 Å². The van der Waals surface area contributed by atoms with Crippen molar-refractivity contribution in [1.82, 2.24) is 10.8 Å². The molecule has 1 radical (unpaired) electrons. The van der Waals surface area contributed by atoms with Crippen LogP contribution in [0, 0.1) is 16.7 Å². The van der Waals surface area contributed by atoms with Crippen LogP contribution in [0.15, 0.2) is 12.2 Å². The number of nitrogens with one attached hydrogen (secondary N) is 2. The third kappa shape index (κ3) is 41.0. The van der Waals surface area contributed by atoms with E-state index in [0.717, 1.165) is 0 Å². The molecule has 0 atom stereocenters. The summed E-state index contributed by atoms with van der Waals surface area (Å²) in [5, 5.41) is 18.1. The molecule has 0 aromatic carbocycles. The molecule has 13 heteroatoms. The van der Waals surface area contributed by atoms with E-state index < -0.39 is 12.1 Å². The first-order chi connectivity index (χ1) is 15.7. The van der Waals surface area contributed by atoms with Crippen molar-refractivity contribution in [1.29, 1.82) is 0 Å². The Morgan fingerprint density at radius 3 is 1.86 bits per heavy atom. The van der Waals surface area contributed by atoms with Crippen LogP contribution in [0.25, 0.3) is 0 Å². The largest absolute Gasteiger partial charge is 0.447 e. The van der Waals surface area contributed by atoms with E-state index in [-0.39, 0.29) is 52.5 Å². The maximum absolute atomic E-state index is 10.1. The third-order valence-corrected chi connectivity index (χ3v) is 5.48. The van der Waals surface area contributed by atoms with E-state index in [1.165, 1.54) is 11.5 Å². The number of hydrogen-bond donors (Lipinski definition) is 7. The molecular weight excluding hydrogens is 551 g/mol. The fourth-order valence-electron chi connectivity index (χ4n) is 1.86. The number of aliphatic hydroxyl groups is 1. The normalized spacial score (nSPS) is 14.8.